The summed E-state index contributed by atoms with van der Waals surface area (Å²) in [5.74, 6) is -0.534. The van der Waals surface area contributed by atoms with E-state index in [9.17, 15) is 12.8 Å². The number of sulfonamides is 1. The molecule has 116 valence electrons. The van der Waals surface area contributed by atoms with Crippen LogP contribution in [0.5, 0.6) is 0 Å². The van der Waals surface area contributed by atoms with Gasteiger partial charge in [0, 0.05) is 17.6 Å². The van der Waals surface area contributed by atoms with E-state index in [0.717, 1.165) is 0 Å². The normalized spacial score (nSPS) is 12.1. The van der Waals surface area contributed by atoms with Crippen LogP contribution >= 0.6 is 12.4 Å². The molecule has 0 heterocycles. The second-order valence-corrected chi connectivity index (χ2v) is 6.49. The lowest BCUT2D eigenvalue weighted by molar-refractivity contribution is 0.391. The van der Waals surface area contributed by atoms with E-state index in [0.29, 0.717) is 12.8 Å². The second-order valence-electron chi connectivity index (χ2n) is 4.76. The highest BCUT2D eigenvalue weighted by Gasteiger charge is 2.25. The summed E-state index contributed by atoms with van der Waals surface area (Å²) in [6, 6.07) is 4.00. The van der Waals surface area contributed by atoms with Gasteiger partial charge in [0.2, 0.25) is 10.0 Å². The number of nitrogens with two attached hydrogens (primary N) is 1. The number of hydrogen-bond donors (Lipinski definition) is 2. The molecule has 0 spiro atoms. The van der Waals surface area contributed by atoms with Crippen LogP contribution in [0.1, 0.15) is 32.3 Å². The molecule has 0 bridgehead atoms. The van der Waals surface area contributed by atoms with Crippen molar-refractivity contribution < 1.29 is 12.8 Å². The first-order chi connectivity index (χ1) is 8.75. The van der Waals surface area contributed by atoms with Crippen molar-refractivity contribution in [3.05, 3.63) is 29.6 Å². The summed E-state index contributed by atoms with van der Waals surface area (Å²) in [5, 5.41) is 0. The van der Waals surface area contributed by atoms with E-state index in [2.05, 4.69) is 4.72 Å². The largest absolute Gasteiger partial charge is 0.324 e. The predicted molar refractivity (Wildman–Crippen MR) is 81.1 cm³/mol. The molecule has 20 heavy (non-hydrogen) atoms. The molecule has 1 aromatic carbocycles. The molecule has 0 saturated carbocycles. The van der Waals surface area contributed by atoms with Gasteiger partial charge < -0.3 is 5.73 Å². The molecule has 0 aliphatic heterocycles. The van der Waals surface area contributed by atoms with E-state index in [4.69, 9.17) is 5.73 Å². The minimum atomic E-state index is -3.74. The fourth-order valence-corrected chi connectivity index (χ4v) is 3.09. The van der Waals surface area contributed by atoms with Crippen LogP contribution in [0.4, 0.5) is 4.39 Å². The van der Waals surface area contributed by atoms with Gasteiger partial charge >= 0.3 is 0 Å². The van der Waals surface area contributed by atoms with Crippen LogP contribution in [0.2, 0.25) is 0 Å². The Morgan fingerprint density at radius 1 is 1.30 bits per heavy atom. The molecule has 0 radical (unpaired) electrons. The number of benzene rings is 1. The fourth-order valence-electron chi connectivity index (χ4n) is 1.70. The van der Waals surface area contributed by atoms with Gasteiger partial charge in [0.25, 0.3) is 0 Å². The summed E-state index contributed by atoms with van der Waals surface area (Å²) >= 11 is 0. The van der Waals surface area contributed by atoms with Crippen molar-refractivity contribution in [1.29, 1.82) is 0 Å². The highest BCUT2D eigenvalue weighted by Crippen LogP contribution is 2.18. The molecule has 3 N–H and O–H groups in total. The molecule has 0 unspecified atom stereocenters. The maximum atomic E-state index is 13.4. The van der Waals surface area contributed by atoms with Crippen molar-refractivity contribution in [2.75, 3.05) is 6.54 Å². The Morgan fingerprint density at radius 3 is 2.35 bits per heavy atom. The standard InChI is InChI=1S/C13H21FN2O2S.ClH/c1-4-13(15,5-2)9-16-19(17,18)12-8-6-7-11(14)10(12)3;/h6-8,16H,4-5,9,15H2,1-3H3;1H. The van der Waals surface area contributed by atoms with Gasteiger partial charge in [-0.2, -0.15) is 0 Å². The lowest BCUT2D eigenvalue weighted by Crippen LogP contribution is -2.49. The smallest absolute Gasteiger partial charge is 0.240 e. The minimum absolute atomic E-state index is 0. The van der Waals surface area contributed by atoms with Crippen molar-refractivity contribution in [3.63, 3.8) is 0 Å². The molecular formula is C13H22ClFN2O2S. The Bertz CT molecular complexity index is 545. The van der Waals surface area contributed by atoms with E-state index < -0.39 is 21.4 Å². The van der Waals surface area contributed by atoms with Gasteiger partial charge in [-0.1, -0.05) is 19.9 Å². The maximum absolute atomic E-state index is 13.4. The van der Waals surface area contributed by atoms with E-state index in [1.165, 1.54) is 25.1 Å². The van der Waals surface area contributed by atoms with Crippen molar-refractivity contribution in [3.8, 4) is 0 Å². The zero-order valence-electron chi connectivity index (χ0n) is 11.9. The van der Waals surface area contributed by atoms with E-state index in [1.54, 1.807) is 0 Å². The molecule has 1 aromatic rings. The fraction of sp³-hybridized carbons (Fsp3) is 0.538. The molecule has 4 nitrogen and oxygen atoms in total. The summed E-state index contributed by atoms with van der Waals surface area (Å²) < 4.78 is 40.2. The summed E-state index contributed by atoms with van der Waals surface area (Å²) in [4.78, 5) is -0.0398. The Morgan fingerprint density at radius 2 is 1.85 bits per heavy atom. The van der Waals surface area contributed by atoms with Crippen molar-refractivity contribution in [2.45, 2.75) is 44.0 Å². The van der Waals surface area contributed by atoms with Crippen LogP contribution in [0.25, 0.3) is 0 Å². The topological polar surface area (TPSA) is 72.2 Å². The third-order valence-corrected chi connectivity index (χ3v) is 5.08. The van der Waals surface area contributed by atoms with Crippen molar-refractivity contribution in [1.82, 2.24) is 4.72 Å². The first-order valence-corrected chi connectivity index (χ1v) is 7.77. The van der Waals surface area contributed by atoms with Gasteiger partial charge in [0.15, 0.2) is 0 Å². The minimum Gasteiger partial charge on any atom is -0.324 e. The molecule has 0 aliphatic rings. The van der Waals surface area contributed by atoms with Crippen LogP contribution in [0.3, 0.4) is 0 Å². The summed E-state index contributed by atoms with van der Waals surface area (Å²) in [5.41, 5.74) is 5.59. The average molecular weight is 325 g/mol. The Labute approximate surface area is 126 Å². The number of hydrogen-bond acceptors (Lipinski definition) is 3. The van der Waals surface area contributed by atoms with Gasteiger partial charge in [-0.05, 0) is 31.9 Å². The van der Waals surface area contributed by atoms with Crippen LogP contribution in [0, 0.1) is 12.7 Å². The zero-order chi connectivity index (χ0) is 14.7. The molecular weight excluding hydrogens is 303 g/mol. The molecule has 1 rings (SSSR count). The Balaban J connectivity index is 0.00000361. The molecule has 0 fully saturated rings. The summed E-state index contributed by atoms with van der Waals surface area (Å²) in [6.07, 6.45) is 1.32. The van der Waals surface area contributed by atoms with Gasteiger partial charge in [0.1, 0.15) is 5.82 Å². The number of halogens is 2. The average Bonchev–Trinajstić information content (AvgIpc) is 2.39. The monoisotopic (exact) mass is 324 g/mol. The zero-order valence-corrected chi connectivity index (χ0v) is 13.6. The van der Waals surface area contributed by atoms with Gasteiger partial charge in [0.05, 0.1) is 4.90 Å². The maximum Gasteiger partial charge on any atom is 0.240 e. The van der Waals surface area contributed by atoms with Crippen LogP contribution in [-0.2, 0) is 10.0 Å². The van der Waals surface area contributed by atoms with Gasteiger partial charge in [-0.25, -0.2) is 17.5 Å². The highest BCUT2D eigenvalue weighted by molar-refractivity contribution is 7.89. The van der Waals surface area contributed by atoms with Crippen molar-refractivity contribution >= 4 is 22.4 Å². The van der Waals surface area contributed by atoms with Crippen molar-refractivity contribution in [2.24, 2.45) is 5.73 Å². The number of rotatable bonds is 6. The molecule has 0 atom stereocenters. The Kier molecular flexibility index (Phi) is 7.10. The van der Waals surface area contributed by atoms with Crippen LogP contribution in [-0.4, -0.2) is 20.5 Å². The van der Waals surface area contributed by atoms with Gasteiger partial charge in [-0.3, -0.25) is 0 Å². The summed E-state index contributed by atoms with van der Waals surface area (Å²) in [6.45, 7) is 5.40. The third-order valence-electron chi connectivity index (χ3n) is 3.53. The van der Waals surface area contributed by atoms with Crippen LogP contribution in [0.15, 0.2) is 23.1 Å². The lowest BCUT2D eigenvalue weighted by atomic mass is 9.95. The molecule has 0 aromatic heterocycles. The van der Waals surface area contributed by atoms with Crippen LogP contribution < -0.4 is 10.5 Å². The first kappa shape index (κ1) is 19.3. The highest BCUT2D eigenvalue weighted by atomic mass is 35.5. The van der Waals surface area contributed by atoms with Gasteiger partial charge in [-0.15, -0.1) is 12.4 Å². The summed E-state index contributed by atoms with van der Waals surface area (Å²) in [7, 11) is -3.74. The molecule has 0 saturated heterocycles. The van der Waals surface area contributed by atoms with E-state index >= 15 is 0 Å². The molecule has 7 heteroatoms. The number of nitrogens with one attached hydrogen (secondary N) is 1. The quantitative estimate of drug-likeness (QED) is 0.843. The molecule has 0 amide bonds. The third kappa shape index (κ3) is 4.41. The molecule has 0 aliphatic carbocycles. The second kappa shape index (κ2) is 7.36. The predicted octanol–water partition coefficient (Wildman–Crippen LogP) is 2.35. The lowest BCUT2D eigenvalue weighted by Gasteiger charge is -2.26. The first-order valence-electron chi connectivity index (χ1n) is 6.29. The Hall–Kier alpha value is -0.690. The van der Waals surface area contributed by atoms with E-state index in [1.807, 2.05) is 13.8 Å². The van der Waals surface area contributed by atoms with E-state index in [-0.39, 0.29) is 29.4 Å². The SMILES string of the molecule is CCC(N)(CC)CNS(=O)(=O)c1cccc(F)c1C.Cl.